The van der Waals surface area contributed by atoms with E-state index >= 15 is 0 Å². The maximum Gasteiger partial charge on any atom is 0.326 e. The molecule has 1 aromatic carbocycles. The molecule has 2 fully saturated rings. The van der Waals surface area contributed by atoms with Crippen molar-refractivity contribution in [2.24, 2.45) is 5.41 Å². The lowest BCUT2D eigenvalue weighted by Crippen LogP contribution is -2.60. The van der Waals surface area contributed by atoms with Gasteiger partial charge in [-0.05, 0) is 57.9 Å². The summed E-state index contributed by atoms with van der Waals surface area (Å²) in [6.07, 6.45) is 4.11. The van der Waals surface area contributed by atoms with Crippen LogP contribution >= 0.6 is 0 Å². The Morgan fingerprint density at radius 1 is 1.27 bits per heavy atom. The molecule has 2 N–H and O–H groups in total. The highest BCUT2D eigenvalue weighted by molar-refractivity contribution is 5.88. The van der Waals surface area contributed by atoms with Gasteiger partial charge in [-0.3, -0.25) is 14.9 Å². The molecule has 8 heteroatoms. The number of hydrogen-bond donors (Lipinski definition) is 2. The van der Waals surface area contributed by atoms with Gasteiger partial charge in [0, 0.05) is 18.6 Å². The van der Waals surface area contributed by atoms with Crippen molar-refractivity contribution in [2.75, 3.05) is 26.4 Å². The van der Waals surface area contributed by atoms with Gasteiger partial charge in [0.25, 0.3) is 0 Å². The molecule has 1 amide bonds. The molecule has 0 radical (unpaired) electrons. The lowest BCUT2D eigenvalue weighted by Gasteiger charge is -2.48. The number of aryl methyl sites for hydroxylation is 1. The Morgan fingerprint density at radius 2 is 2.03 bits per heavy atom. The first-order valence-electron chi connectivity index (χ1n) is 11.9. The van der Waals surface area contributed by atoms with E-state index < -0.39 is 30.1 Å². The third-order valence-electron chi connectivity index (χ3n) is 6.76. The number of piperidine rings is 1. The van der Waals surface area contributed by atoms with Crippen molar-refractivity contribution in [2.45, 2.75) is 70.5 Å². The van der Waals surface area contributed by atoms with E-state index in [0.29, 0.717) is 39.0 Å². The Labute approximate surface area is 195 Å². The van der Waals surface area contributed by atoms with E-state index in [1.807, 2.05) is 30.3 Å². The summed E-state index contributed by atoms with van der Waals surface area (Å²) < 4.78 is 10.9. The number of carboxylic acids is 1. The van der Waals surface area contributed by atoms with Gasteiger partial charge in [0.15, 0.2) is 0 Å². The second-order valence-electron chi connectivity index (χ2n) is 9.23. The van der Waals surface area contributed by atoms with E-state index in [2.05, 4.69) is 5.32 Å². The first kappa shape index (κ1) is 25.2. The molecule has 4 atom stereocenters. The molecular formula is C25H36N2O6. The molecule has 8 nitrogen and oxygen atoms in total. The zero-order valence-corrected chi connectivity index (χ0v) is 19.6. The molecule has 3 rings (SSSR count). The maximum atomic E-state index is 13.4. The number of likely N-dealkylation sites (tertiary alicyclic amines) is 1. The van der Waals surface area contributed by atoms with Gasteiger partial charge >= 0.3 is 11.9 Å². The van der Waals surface area contributed by atoms with Crippen molar-refractivity contribution in [3.05, 3.63) is 35.9 Å². The van der Waals surface area contributed by atoms with Crippen molar-refractivity contribution in [3.63, 3.8) is 0 Å². The van der Waals surface area contributed by atoms with E-state index in [4.69, 9.17) is 9.47 Å². The van der Waals surface area contributed by atoms with Crippen molar-refractivity contribution in [1.82, 2.24) is 10.2 Å². The fourth-order valence-corrected chi connectivity index (χ4v) is 4.96. The fraction of sp³-hybridized carbons (Fsp3) is 0.640. The molecule has 0 bridgehead atoms. The van der Waals surface area contributed by atoms with Crippen LogP contribution in [0.3, 0.4) is 0 Å². The SMILES string of the molecule is CCOC(=O)C(CCc1ccccc1)N[C@@H](C)C(=O)N1CC2(CCCOC2)CC[C@H]1C(=O)O. The molecule has 1 spiro atoms. The zero-order valence-electron chi connectivity index (χ0n) is 19.6. The summed E-state index contributed by atoms with van der Waals surface area (Å²) in [7, 11) is 0. The minimum Gasteiger partial charge on any atom is -0.480 e. The van der Waals surface area contributed by atoms with Gasteiger partial charge in [-0.15, -0.1) is 0 Å². The Balaban J connectivity index is 1.70. The highest BCUT2D eigenvalue weighted by Gasteiger charge is 2.46. The highest BCUT2D eigenvalue weighted by Crippen LogP contribution is 2.39. The van der Waals surface area contributed by atoms with Crippen molar-refractivity contribution in [3.8, 4) is 0 Å². The number of benzene rings is 1. The molecule has 182 valence electrons. The van der Waals surface area contributed by atoms with Gasteiger partial charge in [0.05, 0.1) is 19.3 Å². The minimum absolute atomic E-state index is 0.187. The molecule has 33 heavy (non-hydrogen) atoms. The lowest BCUT2D eigenvalue weighted by molar-refractivity contribution is -0.160. The molecule has 0 aliphatic carbocycles. The number of amides is 1. The van der Waals surface area contributed by atoms with Gasteiger partial charge < -0.3 is 19.5 Å². The number of nitrogens with one attached hydrogen (secondary N) is 1. The Hall–Kier alpha value is -2.45. The number of hydrogen-bond acceptors (Lipinski definition) is 6. The van der Waals surface area contributed by atoms with Gasteiger partial charge in [-0.1, -0.05) is 30.3 Å². The lowest BCUT2D eigenvalue weighted by atomic mass is 9.74. The first-order valence-corrected chi connectivity index (χ1v) is 11.9. The molecule has 2 aliphatic rings. The average molecular weight is 461 g/mol. The van der Waals surface area contributed by atoms with Gasteiger partial charge in [0.2, 0.25) is 5.91 Å². The molecule has 0 aromatic heterocycles. The zero-order chi connectivity index (χ0) is 23.8. The Morgan fingerprint density at radius 3 is 2.67 bits per heavy atom. The van der Waals surface area contributed by atoms with Crippen LogP contribution in [-0.2, 0) is 30.3 Å². The average Bonchev–Trinajstić information content (AvgIpc) is 2.82. The van der Waals surface area contributed by atoms with E-state index in [1.165, 1.54) is 4.90 Å². The minimum atomic E-state index is -0.992. The number of nitrogens with zero attached hydrogens (tertiary/aromatic N) is 1. The quantitative estimate of drug-likeness (QED) is 0.545. The summed E-state index contributed by atoms with van der Waals surface area (Å²) in [6.45, 7) is 5.31. The van der Waals surface area contributed by atoms with Crippen LogP contribution in [0.25, 0.3) is 0 Å². The number of carboxylic acid groups (broad SMARTS) is 1. The molecule has 2 heterocycles. The van der Waals surface area contributed by atoms with E-state index in [-0.39, 0.29) is 17.9 Å². The standard InChI is InChI=1S/C25H36N2O6/c1-3-33-24(31)20(11-10-19-8-5-4-6-9-19)26-18(2)22(28)27-16-25(13-7-15-32-17-25)14-12-21(27)23(29)30/h4-6,8-9,18,20-21,26H,3,7,10-17H2,1-2H3,(H,29,30)/t18-,20?,21-,25?/m0/s1. The smallest absolute Gasteiger partial charge is 0.326 e. The van der Waals surface area contributed by atoms with Crippen molar-refractivity contribution < 1.29 is 29.0 Å². The van der Waals surface area contributed by atoms with Crippen LogP contribution in [0.2, 0.25) is 0 Å². The van der Waals surface area contributed by atoms with Crippen LogP contribution in [-0.4, -0.2) is 72.3 Å². The van der Waals surface area contributed by atoms with Crippen molar-refractivity contribution >= 4 is 17.8 Å². The van der Waals surface area contributed by atoms with Crippen LogP contribution < -0.4 is 5.32 Å². The number of carbonyl (C=O) groups excluding carboxylic acids is 2. The van der Waals surface area contributed by atoms with E-state index in [1.54, 1.807) is 13.8 Å². The number of ether oxygens (including phenoxy) is 2. The second kappa shape index (κ2) is 11.6. The van der Waals surface area contributed by atoms with Gasteiger partial charge in [-0.2, -0.15) is 0 Å². The van der Waals surface area contributed by atoms with Crippen LogP contribution in [0.4, 0.5) is 0 Å². The number of esters is 1. The summed E-state index contributed by atoms with van der Waals surface area (Å²) in [6, 6.07) is 7.57. The van der Waals surface area contributed by atoms with E-state index in [0.717, 1.165) is 24.8 Å². The summed E-state index contributed by atoms with van der Waals surface area (Å²) in [4.78, 5) is 39.4. The van der Waals surface area contributed by atoms with Crippen LogP contribution in [0.15, 0.2) is 30.3 Å². The van der Waals surface area contributed by atoms with Gasteiger partial charge in [-0.25, -0.2) is 4.79 Å². The summed E-state index contributed by atoms with van der Waals surface area (Å²) in [5.74, 6) is -1.70. The third-order valence-corrected chi connectivity index (χ3v) is 6.76. The molecule has 1 aromatic rings. The molecule has 2 saturated heterocycles. The predicted molar refractivity (Wildman–Crippen MR) is 123 cm³/mol. The predicted octanol–water partition coefficient (Wildman–Crippen LogP) is 2.40. The Bertz CT molecular complexity index is 808. The molecule has 2 unspecified atom stereocenters. The van der Waals surface area contributed by atoms with Crippen molar-refractivity contribution in [1.29, 1.82) is 0 Å². The monoisotopic (exact) mass is 460 g/mol. The topological polar surface area (TPSA) is 105 Å². The molecular weight excluding hydrogens is 424 g/mol. The Kier molecular flexibility index (Phi) is 8.86. The van der Waals surface area contributed by atoms with Crippen LogP contribution in [0.5, 0.6) is 0 Å². The molecule has 2 aliphatic heterocycles. The fourth-order valence-electron chi connectivity index (χ4n) is 4.96. The first-order chi connectivity index (χ1) is 15.8. The summed E-state index contributed by atoms with van der Waals surface area (Å²) in [5, 5.41) is 12.9. The summed E-state index contributed by atoms with van der Waals surface area (Å²) >= 11 is 0. The van der Waals surface area contributed by atoms with Crippen LogP contribution in [0.1, 0.15) is 51.5 Å². The maximum absolute atomic E-state index is 13.4. The normalized spacial score (nSPS) is 24.8. The number of rotatable bonds is 9. The third kappa shape index (κ3) is 6.54. The molecule has 0 saturated carbocycles. The number of carbonyl (C=O) groups is 3. The summed E-state index contributed by atoms with van der Waals surface area (Å²) in [5.41, 5.74) is 0.904. The van der Waals surface area contributed by atoms with Gasteiger partial charge in [0.1, 0.15) is 12.1 Å². The van der Waals surface area contributed by atoms with Crippen LogP contribution in [0, 0.1) is 5.41 Å². The largest absolute Gasteiger partial charge is 0.480 e. The number of aliphatic carboxylic acids is 1. The second-order valence-corrected chi connectivity index (χ2v) is 9.23. The van der Waals surface area contributed by atoms with E-state index in [9.17, 15) is 19.5 Å². The highest BCUT2D eigenvalue weighted by atomic mass is 16.5.